The number of hydrogen-bond acceptors (Lipinski definition) is 5. The van der Waals surface area contributed by atoms with E-state index in [9.17, 15) is 8.42 Å². The molecule has 0 N–H and O–H groups in total. The van der Waals surface area contributed by atoms with Crippen molar-refractivity contribution in [2.24, 2.45) is 4.40 Å². The van der Waals surface area contributed by atoms with E-state index >= 15 is 0 Å². The van der Waals surface area contributed by atoms with Crippen LogP contribution in [0.15, 0.2) is 68.6 Å². The highest BCUT2D eigenvalue weighted by atomic mass is 32.2. The minimum atomic E-state index is -3.69. The normalized spacial score (nSPS) is 11.6. The topological polar surface area (TPSA) is 65.0 Å². The Kier molecular flexibility index (Phi) is 5.93. The number of benzene rings is 2. The molecule has 1 aromatic heterocycles. The van der Waals surface area contributed by atoms with E-state index in [-0.39, 0.29) is 4.21 Å². The van der Waals surface area contributed by atoms with Crippen molar-refractivity contribution < 1.29 is 17.9 Å². The predicted octanol–water partition coefficient (Wildman–Crippen LogP) is 4.45. The number of methoxy groups -OCH3 is 1. The van der Waals surface area contributed by atoms with Gasteiger partial charge in [0.2, 0.25) is 0 Å². The van der Waals surface area contributed by atoms with Crippen LogP contribution in [0.25, 0.3) is 0 Å². The highest BCUT2D eigenvalue weighted by Gasteiger charge is 2.13. The van der Waals surface area contributed by atoms with Gasteiger partial charge in [0, 0.05) is 6.21 Å². The fraction of sp³-hybridized carbons (Fsp3) is 0.150. The molecule has 0 fully saturated rings. The molecule has 0 saturated carbocycles. The molecular weight excluding hydrogens is 382 g/mol. The highest BCUT2D eigenvalue weighted by Crippen LogP contribution is 2.28. The molecule has 0 radical (unpaired) electrons. The van der Waals surface area contributed by atoms with Crippen LogP contribution in [-0.2, 0) is 16.6 Å². The highest BCUT2D eigenvalue weighted by molar-refractivity contribution is 7.92. The minimum absolute atomic E-state index is 0.211. The van der Waals surface area contributed by atoms with Crippen molar-refractivity contribution in [1.82, 2.24) is 0 Å². The monoisotopic (exact) mass is 401 g/mol. The second-order valence-corrected chi connectivity index (χ2v) is 8.63. The van der Waals surface area contributed by atoms with Crippen molar-refractivity contribution in [3.63, 3.8) is 0 Å². The Morgan fingerprint density at radius 2 is 1.85 bits per heavy atom. The van der Waals surface area contributed by atoms with Gasteiger partial charge in [-0.25, -0.2) is 0 Å². The SMILES string of the molecule is COc1ccc(/C=N\S(=O)(=O)c2cccs2)cc1OCc1ccc(C)cc1. The lowest BCUT2D eigenvalue weighted by atomic mass is 10.1. The van der Waals surface area contributed by atoms with Gasteiger partial charge in [-0.1, -0.05) is 35.9 Å². The summed E-state index contributed by atoms with van der Waals surface area (Å²) in [6.07, 6.45) is 1.31. The molecule has 2 aromatic carbocycles. The van der Waals surface area contributed by atoms with Crippen molar-refractivity contribution in [2.45, 2.75) is 17.7 Å². The van der Waals surface area contributed by atoms with Gasteiger partial charge < -0.3 is 9.47 Å². The zero-order valence-corrected chi connectivity index (χ0v) is 16.6. The van der Waals surface area contributed by atoms with Crippen LogP contribution in [0.4, 0.5) is 0 Å². The Bertz CT molecular complexity index is 1020. The number of hydrogen-bond donors (Lipinski definition) is 0. The molecule has 0 aliphatic rings. The molecule has 3 aromatic rings. The second kappa shape index (κ2) is 8.37. The van der Waals surface area contributed by atoms with Crippen molar-refractivity contribution >= 4 is 27.6 Å². The number of thiophene rings is 1. The van der Waals surface area contributed by atoms with Gasteiger partial charge in [-0.3, -0.25) is 0 Å². The predicted molar refractivity (Wildman–Crippen MR) is 108 cm³/mol. The van der Waals surface area contributed by atoms with Crippen LogP contribution in [0.2, 0.25) is 0 Å². The molecule has 0 unspecified atom stereocenters. The summed E-state index contributed by atoms with van der Waals surface area (Å²) in [5.41, 5.74) is 2.82. The molecule has 0 spiro atoms. The molecular formula is C20H19NO4S2. The third-order valence-corrected chi connectivity index (χ3v) is 6.40. The summed E-state index contributed by atoms with van der Waals surface area (Å²) in [6.45, 7) is 2.41. The second-order valence-electron chi connectivity index (χ2n) is 5.83. The summed E-state index contributed by atoms with van der Waals surface area (Å²) in [4.78, 5) is 0. The van der Waals surface area contributed by atoms with E-state index in [0.29, 0.717) is 23.7 Å². The number of rotatable bonds is 7. The lowest BCUT2D eigenvalue weighted by Gasteiger charge is -2.11. The molecule has 0 aliphatic carbocycles. The van der Waals surface area contributed by atoms with Crippen LogP contribution in [-0.4, -0.2) is 21.7 Å². The number of nitrogens with zero attached hydrogens (tertiary/aromatic N) is 1. The molecule has 3 rings (SSSR count). The smallest absolute Gasteiger partial charge is 0.291 e. The Morgan fingerprint density at radius 1 is 1.07 bits per heavy atom. The zero-order chi connectivity index (χ0) is 19.3. The van der Waals surface area contributed by atoms with Crippen LogP contribution in [0.5, 0.6) is 11.5 Å². The molecule has 0 atom stereocenters. The van der Waals surface area contributed by atoms with Gasteiger partial charge >= 0.3 is 0 Å². The number of sulfonamides is 1. The molecule has 0 bridgehead atoms. The van der Waals surface area contributed by atoms with Gasteiger partial charge in [0.1, 0.15) is 10.8 Å². The van der Waals surface area contributed by atoms with Gasteiger partial charge in [-0.15, -0.1) is 11.3 Å². The Balaban J connectivity index is 1.78. The maximum atomic E-state index is 12.2. The first kappa shape index (κ1) is 19.1. The van der Waals surface area contributed by atoms with Crippen molar-refractivity contribution in [1.29, 1.82) is 0 Å². The van der Waals surface area contributed by atoms with Crippen LogP contribution in [0, 0.1) is 6.92 Å². The quantitative estimate of drug-likeness (QED) is 0.549. The average Bonchev–Trinajstić information content (AvgIpc) is 3.22. The Hall–Kier alpha value is -2.64. The van der Waals surface area contributed by atoms with Gasteiger partial charge in [-0.2, -0.15) is 12.8 Å². The first-order valence-electron chi connectivity index (χ1n) is 8.18. The largest absolute Gasteiger partial charge is 0.493 e. The van der Waals surface area contributed by atoms with E-state index in [0.717, 1.165) is 16.9 Å². The van der Waals surface area contributed by atoms with Gasteiger partial charge in [0.15, 0.2) is 11.5 Å². The number of aryl methyl sites for hydroxylation is 1. The Labute approximate surface area is 163 Å². The molecule has 140 valence electrons. The number of ether oxygens (including phenoxy) is 2. The fourth-order valence-corrected chi connectivity index (χ4v) is 4.17. The summed E-state index contributed by atoms with van der Waals surface area (Å²) in [5.74, 6) is 1.09. The van der Waals surface area contributed by atoms with Crippen molar-refractivity contribution in [3.8, 4) is 11.5 Å². The van der Waals surface area contributed by atoms with Gasteiger partial charge in [-0.05, 0) is 47.7 Å². The standard InChI is InChI=1S/C20H19NO4S2/c1-15-5-7-16(8-6-15)14-25-19-12-17(9-10-18(19)24-2)13-21-27(22,23)20-4-3-11-26-20/h3-13H,14H2,1-2H3/b21-13-. The summed E-state index contributed by atoms with van der Waals surface area (Å²) < 4.78 is 39.5. The summed E-state index contributed by atoms with van der Waals surface area (Å²) in [7, 11) is -2.13. The summed E-state index contributed by atoms with van der Waals surface area (Å²) >= 11 is 1.13. The molecule has 0 aliphatic heterocycles. The first-order chi connectivity index (χ1) is 13.0. The molecule has 0 saturated heterocycles. The summed E-state index contributed by atoms with van der Waals surface area (Å²) in [5, 5.41) is 1.70. The maximum Gasteiger partial charge on any atom is 0.291 e. The van der Waals surface area contributed by atoms with E-state index < -0.39 is 10.0 Å². The molecule has 5 nitrogen and oxygen atoms in total. The molecule has 7 heteroatoms. The van der Waals surface area contributed by atoms with E-state index in [1.165, 1.54) is 17.8 Å². The zero-order valence-electron chi connectivity index (χ0n) is 15.0. The van der Waals surface area contributed by atoms with E-state index in [2.05, 4.69) is 4.40 Å². The van der Waals surface area contributed by atoms with Crippen LogP contribution in [0.1, 0.15) is 16.7 Å². The lowest BCUT2D eigenvalue weighted by Crippen LogP contribution is -1.99. The summed E-state index contributed by atoms with van der Waals surface area (Å²) in [6, 6.07) is 16.4. The first-order valence-corrected chi connectivity index (χ1v) is 10.5. The van der Waals surface area contributed by atoms with Gasteiger partial charge in [0.25, 0.3) is 10.0 Å². The fourth-order valence-electron chi connectivity index (χ4n) is 2.32. The lowest BCUT2D eigenvalue weighted by molar-refractivity contribution is 0.284. The maximum absolute atomic E-state index is 12.2. The van der Waals surface area contributed by atoms with Crippen molar-refractivity contribution in [3.05, 3.63) is 76.7 Å². The Morgan fingerprint density at radius 3 is 2.52 bits per heavy atom. The molecule has 1 heterocycles. The van der Waals surface area contributed by atoms with E-state index in [1.807, 2.05) is 31.2 Å². The van der Waals surface area contributed by atoms with Crippen LogP contribution in [0.3, 0.4) is 0 Å². The molecule has 27 heavy (non-hydrogen) atoms. The van der Waals surface area contributed by atoms with Gasteiger partial charge in [0.05, 0.1) is 7.11 Å². The van der Waals surface area contributed by atoms with Crippen LogP contribution >= 0.6 is 11.3 Å². The van der Waals surface area contributed by atoms with Crippen molar-refractivity contribution in [2.75, 3.05) is 7.11 Å². The van der Waals surface area contributed by atoms with E-state index in [1.54, 1.807) is 36.8 Å². The third-order valence-electron chi connectivity index (χ3n) is 3.79. The molecule has 0 amide bonds. The minimum Gasteiger partial charge on any atom is -0.493 e. The van der Waals surface area contributed by atoms with Crippen LogP contribution < -0.4 is 9.47 Å². The average molecular weight is 402 g/mol. The third kappa shape index (κ3) is 4.96. The van der Waals surface area contributed by atoms with E-state index in [4.69, 9.17) is 9.47 Å².